The van der Waals surface area contributed by atoms with Gasteiger partial charge in [0, 0.05) is 18.7 Å². The van der Waals surface area contributed by atoms with Gasteiger partial charge in [0.25, 0.3) is 0 Å². The molecule has 0 fully saturated rings. The molecular weight excluding hydrogens is 311 g/mol. The number of hydrogen-bond donors (Lipinski definition) is 2. The molecule has 21 heavy (non-hydrogen) atoms. The Bertz CT molecular complexity index is 550. The average Bonchev–Trinajstić information content (AvgIpc) is 2.44. The molecule has 1 aromatic carbocycles. The van der Waals surface area contributed by atoms with Gasteiger partial charge in [-0.15, -0.1) is 0 Å². The topological polar surface area (TPSA) is 58.2 Å². The molecule has 1 aromatic rings. The first-order valence-electron chi connectivity index (χ1n) is 6.88. The normalized spacial score (nSPS) is 13.3. The van der Waals surface area contributed by atoms with Gasteiger partial charge in [-0.25, -0.2) is 17.5 Å². The summed E-state index contributed by atoms with van der Waals surface area (Å²) in [5.74, 6) is 0.736. The fraction of sp³-hybridized carbons (Fsp3) is 0.571. The average molecular weight is 334 g/mol. The van der Waals surface area contributed by atoms with Gasteiger partial charge in [0.1, 0.15) is 5.82 Å². The standard InChI is InChI=1S/C14H23FN2O2S2/c1-4-16-9-12-7-13(5-6-14(12)15)21(18,19)17-8-11(2)10-20-3/h5-7,11,16-17H,4,8-10H2,1-3H3. The zero-order valence-electron chi connectivity index (χ0n) is 12.6. The molecule has 0 aromatic heterocycles. The lowest BCUT2D eigenvalue weighted by Crippen LogP contribution is -2.29. The van der Waals surface area contributed by atoms with Gasteiger partial charge in [-0.05, 0) is 42.7 Å². The van der Waals surface area contributed by atoms with E-state index in [1.807, 2.05) is 20.1 Å². The number of halogens is 1. The highest BCUT2D eigenvalue weighted by molar-refractivity contribution is 7.98. The largest absolute Gasteiger partial charge is 0.313 e. The van der Waals surface area contributed by atoms with Crippen molar-refractivity contribution in [1.29, 1.82) is 0 Å². The number of hydrogen-bond acceptors (Lipinski definition) is 4. The molecule has 0 amide bonds. The number of nitrogens with one attached hydrogen (secondary N) is 2. The highest BCUT2D eigenvalue weighted by Crippen LogP contribution is 2.15. The summed E-state index contributed by atoms with van der Waals surface area (Å²) in [5.41, 5.74) is 0.358. The van der Waals surface area contributed by atoms with Crippen molar-refractivity contribution in [3.05, 3.63) is 29.6 Å². The van der Waals surface area contributed by atoms with Crippen molar-refractivity contribution >= 4 is 21.8 Å². The summed E-state index contributed by atoms with van der Waals surface area (Å²) in [6, 6.07) is 3.89. The van der Waals surface area contributed by atoms with E-state index >= 15 is 0 Å². The van der Waals surface area contributed by atoms with Gasteiger partial charge in [0.15, 0.2) is 0 Å². The van der Waals surface area contributed by atoms with Crippen molar-refractivity contribution in [1.82, 2.24) is 10.0 Å². The Kier molecular flexibility index (Phi) is 7.65. The molecular formula is C14H23FN2O2S2. The SMILES string of the molecule is CCNCc1cc(S(=O)(=O)NCC(C)CSC)ccc1F. The molecule has 2 N–H and O–H groups in total. The highest BCUT2D eigenvalue weighted by Gasteiger charge is 2.17. The Balaban J connectivity index is 2.83. The molecule has 0 aliphatic carbocycles. The minimum atomic E-state index is -3.59. The zero-order chi connectivity index (χ0) is 15.9. The van der Waals surface area contributed by atoms with E-state index in [1.54, 1.807) is 11.8 Å². The fourth-order valence-electron chi connectivity index (χ4n) is 1.79. The van der Waals surface area contributed by atoms with Crippen LogP contribution in [-0.4, -0.2) is 33.5 Å². The third kappa shape index (κ3) is 5.94. The van der Waals surface area contributed by atoms with E-state index in [9.17, 15) is 12.8 Å². The molecule has 0 saturated heterocycles. The van der Waals surface area contributed by atoms with E-state index in [4.69, 9.17) is 0 Å². The summed E-state index contributed by atoms with van der Waals surface area (Å²) in [6.45, 7) is 5.28. The molecule has 0 aliphatic rings. The molecule has 0 saturated carbocycles. The van der Waals surface area contributed by atoms with Crippen LogP contribution >= 0.6 is 11.8 Å². The van der Waals surface area contributed by atoms with E-state index < -0.39 is 15.8 Å². The number of thioether (sulfide) groups is 1. The maximum absolute atomic E-state index is 13.6. The Labute approximate surface area is 131 Å². The molecule has 1 atom stereocenters. The summed E-state index contributed by atoms with van der Waals surface area (Å²) in [4.78, 5) is 0.105. The van der Waals surface area contributed by atoms with E-state index in [0.29, 0.717) is 25.2 Å². The summed E-state index contributed by atoms with van der Waals surface area (Å²) >= 11 is 1.68. The van der Waals surface area contributed by atoms with E-state index in [1.165, 1.54) is 18.2 Å². The second kappa shape index (κ2) is 8.73. The second-order valence-corrected chi connectivity index (χ2v) is 7.62. The first-order valence-corrected chi connectivity index (χ1v) is 9.76. The molecule has 1 unspecified atom stereocenters. The van der Waals surface area contributed by atoms with Crippen LogP contribution in [0.25, 0.3) is 0 Å². The Hall–Kier alpha value is -0.630. The molecule has 0 spiro atoms. The Morgan fingerprint density at radius 3 is 2.71 bits per heavy atom. The summed E-state index contributed by atoms with van der Waals surface area (Å²) in [5, 5.41) is 2.99. The number of sulfonamides is 1. The minimum absolute atomic E-state index is 0.105. The van der Waals surface area contributed by atoms with Crippen LogP contribution < -0.4 is 10.0 Å². The van der Waals surface area contributed by atoms with Crippen molar-refractivity contribution in [3.8, 4) is 0 Å². The van der Waals surface area contributed by atoms with E-state index in [0.717, 1.165) is 5.75 Å². The number of rotatable bonds is 9. The number of benzene rings is 1. The van der Waals surface area contributed by atoms with E-state index in [-0.39, 0.29) is 10.8 Å². The predicted molar refractivity (Wildman–Crippen MR) is 86.5 cm³/mol. The third-order valence-electron chi connectivity index (χ3n) is 2.97. The molecule has 4 nitrogen and oxygen atoms in total. The van der Waals surface area contributed by atoms with Gasteiger partial charge in [-0.3, -0.25) is 0 Å². The van der Waals surface area contributed by atoms with Crippen molar-refractivity contribution in [2.24, 2.45) is 5.92 Å². The fourth-order valence-corrected chi connectivity index (χ4v) is 3.69. The molecule has 0 aliphatic heterocycles. The van der Waals surface area contributed by atoms with Crippen LogP contribution in [0.1, 0.15) is 19.4 Å². The zero-order valence-corrected chi connectivity index (χ0v) is 14.3. The van der Waals surface area contributed by atoms with Crippen LogP contribution in [0, 0.1) is 11.7 Å². The minimum Gasteiger partial charge on any atom is -0.313 e. The predicted octanol–water partition coefficient (Wildman–Crippen LogP) is 2.21. The van der Waals surface area contributed by atoms with Crippen molar-refractivity contribution in [2.75, 3.05) is 25.1 Å². The van der Waals surface area contributed by atoms with Gasteiger partial charge in [-0.1, -0.05) is 13.8 Å². The van der Waals surface area contributed by atoms with Crippen LogP contribution in [0.2, 0.25) is 0 Å². The molecule has 0 radical (unpaired) electrons. The lowest BCUT2D eigenvalue weighted by Gasteiger charge is -2.13. The van der Waals surface area contributed by atoms with Crippen molar-refractivity contribution in [2.45, 2.75) is 25.3 Å². The quantitative estimate of drug-likeness (QED) is 0.727. The van der Waals surface area contributed by atoms with Crippen molar-refractivity contribution < 1.29 is 12.8 Å². The first kappa shape index (κ1) is 18.4. The molecule has 7 heteroatoms. The molecule has 120 valence electrons. The lowest BCUT2D eigenvalue weighted by molar-refractivity contribution is 0.560. The van der Waals surface area contributed by atoms with Crippen LogP contribution in [0.5, 0.6) is 0 Å². The van der Waals surface area contributed by atoms with E-state index in [2.05, 4.69) is 10.0 Å². The Morgan fingerprint density at radius 1 is 1.38 bits per heavy atom. The maximum atomic E-state index is 13.6. The summed E-state index contributed by atoms with van der Waals surface area (Å²) in [6.07, 6.45) is 1.98. The summed E-state index contributed by atoms with van der Waals surface area (Å²) < 4.78 is 40.7. The second-order valence-electron chi connectivity index (χ2n) is 4.95. The van der Waals surface area contributed by atoms with Gasteiger partial charge < -0.3 is 5.32 Å². The van der Waals surface area contributed by atoms with Gasteiger partial charge in [0.2, 0.25) is 10.0 Å². The highest BCUT2D eigenvalue weighted by atomic mass is 32.2. The van der Waals surface area contributed by atoms with Crippen LogP contribution in [-0.2, 0) is 16.6 Å². The molecule has 1 rings (SSSR count). The van der Waals surface area contributed by atoms with Gasteiger partial charge in [-0.2, -0.15) is 11.8 Å². The van der Waals surface area contributed by atoms with Gasteiger partial charge in [0.05, 0.1) is 4.90 Å². The monoisotopic (exact) mass is 334 g/mol. The third-order valence-corrected chi connectivity index (χ3v) is 5.29. The van der Waals surface area contributed by atoms with Crippen molar-refractivity contribution in [3.63, 3.8) is 0 Å². The molecule has 0 heterocycles. The van der Waals surface area contributed by atoms with Gasteiger partial charge >= 0.3 is 0 Å². The maximum Gasteiger partial charge on any atom is 0.240 e. The van der Waals surface area contributed by atoms with Crippen LogP contribution in [0.15, 0.2) is 23.1 Å². The lowest BCUT2D eigenvalue weighted by atomic mass is 10.2. The van der Waals surface area contributed by atoms with Crippen LogP contribution in [0.4, 0.5) is 4.39 Å². The molecule has 0 bridgehead atoms. The Morgan fingerprint density at radius 2 is 2.10 bits per heavy atom. The summed E-state index contributed by atoms with van der Waals surface area (Å²) in [7, 11) is -3.59. The van der Waals surface area contributed by atoms with Crippen LogP contribution in [0.3, 0.4) is 0 Å². The first-order chi connectivity index (χ1) is 9.90. The smallest absolute Gasteiger partial charge is 0.240 e.